The quantitative estimate of drug-likeness (QED) is 0.835. The van der Waals surface area contributed by atoms with Crippen molar-refractivity contribution in [3.63, 3.8) is 0 Å². The van der Waals surface area contributed by atoms with E-state index in [-0.39, 0.29) is 10.9 Å². The van der Waals surface area contributed by atoms with Crippen LogP contribution < -0.4 is 11.1 Å². The minimum atomic E-state index is -0.164. The van der Waals surface area contributed by atoms with Crippen molar-refractivity contribution >= 4 is 34.5 Å². The van der Waals surface area contributed by atoms with E-state index >= 15 is 0 Å². The molecule has 0 bridgehead atoms. The Morgan fingerprint density at radius 1 is 1.44 bits per heavy atom. The first kappa shape index (κ1) is 12.7. The highest BCUT2D eigenvalue weighted by atomic mass is 32.1. The lowest BCUT2D eigenvalue weighted by molar-refractivity contribution is 0.0951. The fourth-order valence-electron chi connectivity index (χ4n) is 1.41. The number of carbonyl (C=O) groups is 1. The first-order chi connectivity index (χ1) is 8.66. The summed E-state index contributed by atoms with van der Waals surface area (Å²) in [4.78, 5) is 16.3. The Kier molecular flexibility index (Phi) is 4.01. The largest absolute Gasteiger partial charge is 0.389 e. The van der Waals surface area contributed by atoms with Gasteiger partial charge in [0.05, 0.1) is 6.54 Å². The van der Waals surface area contributed by atoms with Gasteiger partial charge in [-0.1, -0.05) is 24.4 Å². The Morgan fingerprint density at radius 3 is 2.89 bits per heavy atom. The number of thiocarbonyl (C=S) groups is 1. The van der Waals surface area contributed by atoms with Gasteiger partial charge in [-0.3, -0.25) is 4.79 Å². The SMILES string of the molecule is NC(=S)c1cccc(C(=O)NCc2nccs2)c1. The number of rotatable bonds is 4. The number of carbonyl (C=O) groups excluding carboxylic acids is 1. The minimum absolute atomic E-state index is 0.164. The molecule has 0 saturated heterocycles. The zero-order valence-corrected chi connectivity index (χ0v) is 11.1. The second-order valence-electron chi connectivity index (χ2n) is 3.55. The second-order valence-corrected chi connectivity index (χ2v) is 4.97. The van der Waals surface area contributed by atoms with Crippen molar-refractivity contribution < 1.29 is 4.79 Å². The molecule has 0 unspecified atom stereocenters. The predicted octanol–water partition coefficient (Wildman–Crippen LogP) is 1.71. The number of aromatic nitrogens is 1. The molecule has 0 fully saturated rings. The van der Waals surface area contributed by atoms with Crippen molar-refractivity contribution in [2.24, 2.45) is 5.73 Å². The molecule has 1 aromatic heterocycles. The van der Waals surface area contributed by atoms with Gasteiger partial charge >= 0.3 is 0 Å². The molecule has 0 aliphatic heterocycles. The van der Waals surface area contributed by atoms with E-state index in [2.05, 4.69) is 10.3 Å². The van der Waals surface area contributed by atoms with E-state index in [1.165, 1.54) is 11.3 Å². The zero-order chi connectivity index (χ0) is 13.0. The molecule has 1 amide bonds. The maximum Gasteiger partial charge on any atom is 0.251 e. The maximum atomic E-state index is 11.9. The van der Waals surface area contributed by atoms with E-state index in [0.29, 0.717) is 17.7 Å². The lowest BCUT2D eigenvalue weighted by Crippen LogP contribution is -2.23. The average molecular weight is 277 g/mol. The highest BCUT2D eigenvalue weighted by Gasteiger charge is 2.07. The van der Waals surface area contributed by atoms with Gasteiger partial charge in [-0.05, 0) is 12.1 Å². The number of benzene rings is 1. The maximum absolute atomic E-state index is 11.9. The van der Waals surface area contributed by atoms with E-state index in [9.17, 15) is 4.79 Å². The fourth-order valence-corrected chi connectivity index (χ4v) is 2.09. The molecule has 6 heteroatoms. The Balaban J connectivity index is 2.04. The highest BCUT2D eigenvalue weighted by Crippen LogP contribution is 2.07. The summed E-state index contributed by atoms with van der Waals surface area (Å²) in [5.41, 5.74) is 6.75. The van der Waals surface area contributed by atoms with Crippen molar-refractivity contribution in [2.45, 2.75) is 6.54 Å². The highest BCUT2D eigenvalue weighted by molar-refractivity contribution is 7.80. The fraction of sp³-hybridized carbons (Fsp3) is 0.0833. The van der Waals surface area contributed by atoms with Gasteiger partial charge < -0.3 is 11.1 Å². The molecule has 0 aliphatic rings. The Labute approximate surface area is 114 Å². The normalized spacial score (nSPS) is 10.0. The van der Waals surface area contributed by atoms with E-state index in [4.69, 9.17) is 18.0 Å². The van der Waals surface area contributed by atoms with Crippen LogP contribution in [0.15, 0.2) is 35.8 Å². The number of hydrogen-bond acceptors (Lipinski definition) is 4. The number of nitrogens with zero attached hydrogens (tertiary/aromatic N) is 1. The van der Waals surface area contributed by atoms with Crippen LogP contribution in [0.3, 0.4) is 0 Å². The van der Waals surface area contributed by atoms with Gasteiger partial charge in [-0.2, -0.15) is 0 Å². The van der Waals surface area contributed by atoms with Crippen LogP contribution >= 0.6 is 23.6 Å². The third-order valence-corrected chi connectivity index (χ3v) is 3.31. The molecule has 4 nitrogen and oxygen atoms in total. The Hall–Kier alpha value is -1.79. The molecule has 1 aromatic carbocycles. The van der Waals surface area contributed by atoms with Crippen LogP contribution in [-0.4, -0.2) is 15.9 Å². The molecule has 0 saturated carbocycles. The van der Waals surface area contributed by atoms with E-state index in [1.807, 2.05) is 5.38 Å². The van der Waals surface area contributed by atoms with Gasteiger partial charge in [0.15, 0.2) is 0 Å². The number of nitrogens with one attached hydrogen (secondary N) is 1. The van der Waals surface area contributed by atoms with Crippen molar-refractivity contribution in [3.8, 4) is 0 Å². The van der Waals surface area contributed by atoms with Crippen LogP contribution in [0.4, 0.5) is 0 Å². The van der Waals surface area contributed by atoms with E-state index in [1.54, 1.807) is 30.5 Å². The van der Waals surface area contributed by atoms with Gasteiger partial charge in [0.1, 0.15) is 10.00 Å². The van der Waals surface area contributed by atoms with Crippen LogP contribution in [0.2, 0.25) is 0 Å². The smallest absolute Gasteiger partial charge is 0.251 e. The van der Waals surface area contributed by atoms with Gasteiger partial charge in [-0.25, -0.2) is 4.98 Å². The van der Waals surface area contributed by atoms with Crippen molar-refractivity contribution in [1.82, 2.24) is 10.3 Å². The average Bonchev–Trinajstić information content (AvgIpc) is 2.89. The third kappa shape index (κ3) is 3.12. The van der Waals surface area contributed by atoms with Crippen LogP contribution in [0.25, 0.3) is 0 Å². The molecule has 0 radical (unpaired) electrons. The zero-order valence-electron chi connectivity index (χ0n) is 9.42. The monoisotopic (exact) mass is 277 g/mol. The molecular formula is C12H11N3OS2. The lowest BCUT2D eigenvalue weighted by atomic mass is 10.1. The lowest BCUT2D eigenvalue weighted by Gasteiger charge is -2.05. The Morgan fingerprint density at radius 2 is 2.22 bits per heavy atom. The standard InChI is InChI=1S/C12H11N3OS2/c13-11(17)8-2-1-3-9(6-8)12(16)15-7-10-14-4-5-18-10/h1-6H,7H2,(H2,13,17)(H,15,16). The Bertz CT molecular complexity index is 566. The second kappa shape index (κ2) is 5.70. The molecule has 92 valence electrons. The number of nitrogens with two attached hydrogens (primary N) is 1. The van der Waals surface area contributed by atoms with Crippen LogP contribution in [0, 0.1) is 0 Å². The molecule has 0 spiro atoms. The summed E-state index contributed by atoms with van der Waals surface area (Å²) < 4.78 is 0. The van der Waals surface area contributed by atoms with Crippen LogP contribution in [0.1, 0.15) is 20.9 Å². The molecular weight excluding hydrogens is 266 g/mol. The summed E-state index contributed by atoms with van der Waals surface area (Å²) in [6.45, 7) is 0.424. The molecule has 1 heterocycles. The predicted molar refractivity (Wildman–Crippen MR) is 75.6 cm³/mol. The molecule has 2 rings (SSSR count). The summed E-state index contributed by atoms with van der Waals surface area (Å²) >= 11 is 6.38. The van der Waals surface area contributed by atoms with E-state index in [0.717, 1.165) is 5.01 Å². The van der Waals surface area contributed by atoms with Gasteiger partial charge in [0.25, 0.3) is 5.91 Å². The molecule has 0 aliphatic carbocycles. The molecule has 2 aromatic rings. The van der Waals surface area contributed by atoms with Gasteiger partial charge in [-0.15, -0.1) is 11.3 Å². The number of amides is 1. The third-order valence-electron chi connectivity index (χ3n) is 2.29. The first-order valence-corrected chi connectivity index (χ1v) is 6.52. The first-order valence-electron chi connectivity index (χ1n) is 5.23. The van der Waals surface area contributed by atoms with Crippen molar-refractivity contribution in [2.75, 3.05) is 0 Å². The van der Waals surface area contributed by atoms with Crippen molar-refractivity contribution in [1.29, 1.82) is 0 Å². The number of hydrogen-bond donors (Lipinski definition) is 2. The summed E-state index contributed by atoms with van der Waals surface area (Å²) in [7, 11) is 0. The summed E-state index contributed by atoms with van der Waals surface area (Å²) in [6.07, 6.45) is 1.71. The summed E-state index contributed by atoms with van der Waals surface area (Å²) in [6, 6.07) is 6.94. The van der Waals surface area contributed by atoms with Gasteiger partial charge in [0, 0.05) is 22.7 Å². The topological polar surface area (TPSA) is 68.0 Å². The molecule has 18 heavy (non-hydrogen) atoms. The summed E-state index contributed by atoms with van der Waals surface area (Å²) in [5, 5.41) is 5.53. The molecule has 0 atom stereocenters. The van der Waals surface area contributed by atoms with E-state index < -0.39 is 0 Å². The summed E-state index contributed by atoms with van der Waals surface area (Å²) in [5.74, 6) is -0.164. The van der Waals surface area contributed by atoms with Crippen LogP contribution in [0.5, 0.6) is 0 Å². The number of thiazole rings is 1. The minimum Gasteiger partial charge on any atom is -0.389 e. The van der Waals surface area contributed by atoms with Crippen molar-refractivity contribution in [3.05, 3.63) is 52.0 Å². The molecule has 3 N–H and O–H groups in total. The van der Waals surface area contributed by atoms with Crippen LogP contribution in [-0.2, 0) is 6.54 Å². The van der Waals surface area contributed by atoms with Gasteiger partial charge in [0.2, 0.25) is 0 Å².